The molecule has 0 spiro atoms. The van der Waals surface area contributed by atoms with Crippen molar-refractivity contribution in [2.45, 2.75) is 39.7 Å². The standard InChI is InChI=1S/C14H20ClFN2O/c1-14(2,3)8-9(17)7-12(19)18-13-10(15)5-4-6-11(13)16/h4-6,9H,7-8,17H2,1-3H3,(H,18,19). The summed E-state index contributed by atoms with van der Waals surface area (Å²) in [6.07, 6.45) is 0.855. The van der Waals surface area contributed by atoms with Gasteiger partial charge in [0.25, 0.3) is 0 Å². The molecule has 106 valence electrons. The molecule has 19 heavy (non-hydrogen) atoms. The summed E-state index contributed by atoms with van der Waals surface area (Å²) in [4.78, 5) is 11.8. The van der Waals surface area contributed by atoms with Crippen LogP contribution in [0.5, 0.6) is 0 Å². The zero-order chi connectivity index (χ0) is 14.6. The van der Waals surface area contributed by atoms with Crippen LogP contribution in [0.2, 0.25) is 5.02 Å². The summed E-state index contributed by atoms with van der Waals surface area (Å²) < 4.78 is 13.5. The van der Waals surface area contributed by atoms with Crippen molar-refractivity contribution in [2.75, 3.05) is 5.32 Å². The van der Waals surface area contributed by atoms with Crippen LogP contribution in [0.4, 0.5) is 10.1 Å². The van der Waals surface area contributed by atoms with E-state index >= 15 is 0 Å². The van der Waals surface area contributed by atoms with Crippen molar-refractivity contribution >= 4 is 23.2 Å². The summed E-state index contributed by atoms with van der Waals surface area (Å²) in [6, 6.07) is 4.00. The van der Waals surface area contributed by atoms with E-state index in [0.717, 1.165) is 0 Å². The third kappa shape index (κ3) is 5.57. The Morgan fingerprint density at radius 3 is 2.63 bits per heavy atom. The van der Waals surface area contributed by atoms with Gasteiger partial charge in [0.1, 0.15) is 5.82 Å². The molecular weight excluding hydrogens is 267 g/mol. The van der Waals surface area contributed by atoms with Crippen LogP contribution in [-0.2, 0) is 4.79 Å². The van der Waals surface area contributed by atoms with E-state index in [4.69, 9.17) is 17.3 Å². The van der Waals surface area contributed by atoms with Gasteiger partial charge in [-0.1, -0.05) is 38.4 Å². The van der Waals surface area contributed by atoms with E-state index in [2.05, 4.69) is 26.1 Å². The molecule has 0 saturated carbocycles. The van der Waals surface area contributed by atoms with Crippen molar-refractivity contribution in [1.82, 2.24) is 0 Å². The highest BCUT2D eigenvalue weighted by Gasteiger charge is 2.19. The average molecular weight is 287 g/mol. The number of halogens is 2. The van der Waals surface area contributed by atoms with Gasteiger partial charge in [-0.3, -0.25) is 4.79 Å². The molecular formula is C14H20ClFN2O. The maximum Gasteiger partial charge on any atom is 0.226 e. The Morgan fingerprint density at radius 2 is 2.11 bits per heavy atom. The number of nitrogens with two attached hydrogens (primary N) is 1. The first-order chi connectivity index (χ1) is 8.69. The zero-order valence-electron chi connectivity index (χ0n) is 11.5. The first kappa shape index (κ1) is 15.9. The quantitative estimate of drug-likeness (QED) is 0.889. The Labute approximate surface area is 118 Å². The van der Waals surface area contributed by atoms with E-state index in [-0.39, 0.29) is 34.5 Å². The molecule has 5 heteroatoms. The fourth-order valence-electron chi connectivity index (χ4n) is 1.90. The second-order valence-electron chi connectivity index (χ2n) is 5.87. The molecule has 1 aromatic carbocycles. The summed E-state index contributed by atoms with van der Waals surface area (Å²) in [5.41, 5.74) is 5.97. The molecule has 1 unspecified atom stereocenters. The van der Waals surface area contributed by atoms with Crippen LogP contribution in [0.25, 0.3) is 0 Å². The molecule has 1 atom stereocenters. The third-order valence-electron chi connectivity index (χ3n) is 2.55. The summed E-state index contributed by atoms with van der Waals surface area (Å²) in [5.74, 6) is -0.881. The second-order valence-corrected chi connectivity index (χ2v) is 6.28. The Morgan fingerprint density at radius 1 is 1.47 bits per heavy atom. The lowest BCUT2D eigenvalue weighted by atomic mass is 9.87. The van der Waals surface area contributed by atoms with E-state index in [9.17, 15) is 9.18 Å². The van der Waals surface area contributed by atoms with Crippen LogP contribution < -0.4 is 11.1 Å². The van der Waals surface area contributed by atoms with Crippen LogP contribution in [0, 0.1) is 11.2 Å². The lowest BCUT2D eigenvalue weighted by Crippen LogP contribution is -2.31. The van der Waals surface area contributed by atoms with Gasteiger partial charge in [-0.25, -0.2) is 4.39 Å². The molecule has 0 bridgehead atoms. The van der Waals surface area contributed by atoms with Crippen molar-refractivity contribution in [3.63, 3.8) is 0 Å². The first-order valence-corrected chi connectivity index (χ1v) is 6.56. The Hall–Kier alpha value is -1.13. The molecule has 0 fully saturated rings. The molecule has 3 nitrogen and oxygen atoms in total. The van der Waals surface area contributed by atoms with Gasteiger partial charge in [0.05, 0.1) is 10.7 Å². The molecule has 1 aromatic rings. The van der Waals surface area contributed by atoms with Gasteiger partial charge in [-0.05, 0) is 24.0 Å². The van der Waals surface area contributed by atoms with E-state index < -0.39 is 5.82 Å². The van der Waals surface area contributed by atoms with Crippen LogP contribution >= 0.6 is 11.6 Å². The minimum absolute atomic E-state index is 0.0112. The number of hydrogen-bond acceptors (Lipinski definition) is 2. The van der Waals surface area contributed by atoms with Crippen molar-refractivity contribution in [1.29, 1.82) is 0 Å². The Balaban J connectivity index is 2.61. The van der Waals surface area contributed by atoms with Crippen molar-refractivity contribution in [3.8, 4) is 0 Å². The molecule has 0 aliphatic carbocycles. The number of benzene rings is 1. The van der Waals surface area contributed by atoms with E-state index in [1.54, 1.807) is 0 Å². The van der Waals surface area contributed by atoms with Crippen molar-refractivity contribution in [2.24, 2.45) is 11.1 Å². The van der Waals surface area contributed by atoms with Gasteiger partial charge in [-0.2, -0.15) is 0 Å². The van der Waals surface area contributed by atoms with Gasteiger partial charge in [0.15, 0.2) is 0 Å². The van der Waals surface area contributed by atoms with E-state index in [0.29, 0.717) is 6.42 Å². The molecule has 0 aliphatic rings. The van der Waals surface area contributed by atoms with Crippen molar-refractivity contribution < 1.29 is 9.18 Å². The Bertz CT molecular complexity index is 437. The van der Waals surface area contributed by atoms with Gasteiger partial charge in [0.2, 0.25) is 5.91 Å². The number of amides is 1. The number of anilines is 1. The van der Waals surface area contributed by atoms with E-state index in [1.165, 1.54) is 18.2 Å². The van der Waals surface area contributed by atoms with Gasteiger partial charge in [-0.15, -0.1) is 0 Å². The largest absolute Gasteiger partial charge is 0.327 e. The van der Waals surface area contributed by atoms with Gasteiger partial charge in [0, 0.05) is 12.5 Å². The molecule has 0 aromatic heterocycles. The zero-order valence-corrected chi connectivity index (χ0v) is 12.2. The topological polar surface area (TPSA) is 55.1 Å². The van der Waals surface area contributed by atoms with Crippen LogP contribution in [0.1, 0.15) is 33.6 Å². The Kier molecular flexibility index (Phi) is 5.32. The maximum absolute atomic E-state index is 13.5. The number of hydrogen-bond donors (Lipinski definition) is 2. The van der Waals surface area contributed by atoms with Gasteiger partial charge < -0.3 is 11.1 Å². The lowest BCUT2D eigenvalue weighted by Gasteiger charge is -2.22. The molecule has 0 radical (unpaired) electrons. The van der Waals surface area contributed by atoms with Crippen molar-refractivity contribution in [3.05, 3.63) is 29.0 Å². The van der Waals surface area contributed by atoms with E-state index in [1.807, 2.05) is 0 Å². The monoisotopic (exact) mass is 286 g/mol. The first-order valence-electron chi connectivity index (χ1n) is 6.18. The fourth-order valence-corrected chi connectivity index (χ4v) is 2.11. The highest BCUT2D eigenvalue weighted by Crippen LogP contribution is 2.25. The minimum atomic E-state index is -0.551. The number of para-hydroxylation sites is 1. The number of nitrogens with one attached hydrogen (secondary N) is 1. The predicted octanol–water partition coefficient (Wildman–Crippen LogP) is 3.57. The fraction of sp³-hybridized carbons (Fsp3) is 0.500. The molecule has 0 heterocycles. The van der Waals surface area contributed by atoms with Crippen LogP contribution in [-0.4, -0.2) is 11.9 Å². The summed E-state index contributed by atoms with van der Waals surface area (Å²) in [5, 5.41) is 2.65. The second kappa shape index (κ2) is 6.35. The van der Waals surface area contributed by atoms with Crippen LogP contribution in [0.15, 0.2) is 18.2 Å². The minimum Gasteiger partial charge on any atom is -0.327 e. The summed E-state index contributed by atoms with van der Waals surface area (Å²) >= 11 is 5.83. The van der Waals surface area contributed by atoms with Gasteiger partial charge >= 0.3 is 0 Å². The highest BCUT2D eigenvalue weighted by atomic mass is 35.5. The summed E-state index contributed by atoms with van der Waals surface area (Å²) in [7, 11) is 0. The average Bonchev–Trinajstić information content (AvgIpc) is 2.20. The molecule has 0 saturated heterocycles. The third-order valence-corrected chi connectivity index (χ3v) is 2.86. The summed E-state index contributed by atoms with van der Waals surface area (Å²) in [6.45, 7) is 6.16. The molecule has 1 amide bonds. The van der Waals surface area contributed by atoms with Crippen LogP contribution in [0.3, 0.4) is 0 Å². The molecule has 3 N–H and O–H groups in total. The molecule has 1 rings (SSSR count). The normalized spacial score (nSPS) is 13.2. The lowest BCUT2D eigenvalue weighted by molar-refractivity contribution is -0.116. The predicted molar refractivity (Wildman–Crippen MR) is 76.7 cm³/mol. The maximum atomic E-state index is 13.5. The SMILES string of the molecule is CC(C)(C)CC(N)CC(=O)Nc1c(F)cccc1Cl. The molecule has 0 aliphatic heterocycles. The number of carbonyl (C=O) groups is 1. The number of carbonyl (C=O) groups excluding carboxylic acids is 1. The number of rotatable bonds is 4. The highest BCUT2D eigenvalue weighted by molar-refractivity contribution is 6.33. The smallest absolute Gasteiger partial charge is 0.226 e.